The van der Waals surface area contributed by atoms with Gasteiger partial charge in [-0.15, -0.1) is 0 Å². The van der Waals surface area contributed by atoms with Crippen molar-refractivity contribution in [2.24, 2.45) is 7.05 Å². The van der Waals surface area contributed by atoms with E-state index in [1.807, 2.05) is 6.92 Å². The van der Waals surface area contributed by atoms with E-state index in [-0.39, 0.29) is 11.1 Å². The van der Waals surface area contributed by atoms with E-state index in [1.165, 1.54) is 28.5 Å². The quantitative estimate of drug-likeness (QED) is 0.717. The van der Waals surface area contributed by atoms with Gasteiger partial charge in [0.15, 0.2) is 0 Å². The van der Waals surface area contributed by atoms with Crippen molar-refractivity contribution in [3.8, 4) is 28.3 Å². The SMILES string of the molecule is CCOc1cc(=O)n(C)cc1-c1cnn(-c2cc(OC)ccc2C(=O)O)c1. The molecule has 0 fully saturated rings. The first-order valence-electron chi connectivity index (χ1n) is 8.24. The van der Waals surface area contributed by atoms with Crippen LogP contribution in [0.25, 0.3) is 16.8 Å². The number of rotatable bonds is 6. The standard InChI is InChI=1S/C19H19N3O5/c1-4-27-17-8-18(23)21(2)11-15(17)12-9-20-22(10-12)16-7-13(26-3)5-6-14(16)19(24)25/h5-11H,4H2,1-3H3,(H,24,25). The molecule has 0 aliphatic rings. The lowest BCUT2D eigenvalue weighted by Crippen LogP contribution is -2.15. The lowest BCUT2D eigenvalue weighted by atomic mass is 10.1. The zero-order valence-corrected chi connectivity index (χ0v) is 15.2. The van der Waals surface area contributed by atoms with E-state index in [2.05, 4.69) is 5.10 Å². The zero-order chi connectivity index (χ0) is 19.6. The molecule has 0 unspecified atom stereocenters. The van der Waals surface area contributed by atoms with Crippen LogP contribution in [0.2, 0.25) is 0 Å². The van der Waals surface area contributed by atoms with E-state index >= 15 is 0 Å². The number of carboxylic acids is 1. The summed E-state index contributed by atoms with van der Waals surface area (Å²) in [4.78, 5) is 23.5. The normalized spacial score (nSPS) is 10.6. The monoisotopic (exact) mass is 369 g/mol. The Labute approximate surface area is 155 Å². The molecule has 140 valence electrons. The van der Waals surface area contributed by atoms with Gasteiger partial charge < -0.3 is 19.1 Å². The van der Waals surface area contributed by atoms with Crippen molar-refractivity contribution in [3.05, 3.63) is 58.8 Å². The molecule has 0 saturated carbocycles. The molecule has 27 heavy (non-hydrogen) atoms. The van der Waals surface area contributed by atoms with Gasteiger partial charge in [-0.1, -0.05) is 0 Å². The van der Waals surface area contributed by atoms with Crippen LogP contribution in [-0.4, -0.2) is 39.1 Å². The van der Waals surface area contributed by atoms with E-state index in [0.717, 1.165) is 0 Å². The van der Waals surface area contributed by atoms with Gasteiger partial charge in [0.05, 0.1) is 31.2 Å². The molecule has 0 bridgehead atoms. The molecule has 3 aromatic rings. The molecule has 2 aromatic heterocycles. The molecule has 0 amide bonds. The second kappa shape index (κ2) is 7.36. The summed E-state index contributed by atoms with van der Waals surface area (Å²) in [7, 11) is 3.16. The zero-order valence-electron chi connectivity index (χ0n) is 15.2. The van der Waals surface area contributed by atoms with Gasteiger partial charge in [0.2, 0.25) is 0 Å². The average molecular weight is 369 g/mol. The van der Waals surface area contributed by atoms with Crippen molar-refractivity contribution in [2.45, 2.75) is 6.92 Å². The van der Waals surface area contributed by atoms with Crippen molar-refractivity contribution < 1.29 is 19.4 Å². The topological polar surface area (TPSA) is 95.6 Å². The Hall–Kier alpha value is -3.55. The van der Waals surface area contributed by atoms with Crippen molar-refractivity contribution in [1.82, 2.24) is 14.3 Å². The Morgan fingerprint density at radius 3 is 2.70 bits per heavy atom. The predicted molar refractivity (Wildman–Crippen MR) is 98.9 cm³/mol. The Balaban J connectivity index is 2.13. The second-order valence-electron chi connectivity index (χ2n) is 5.80. The summed E-state index contributed by atoms with van der Waals surface area (Å²) in [5.74, 6) is -0.102. The summed E-state index contributed by atoms with van der Waals surface area (Å²) in [6, 6.07) is 6.07. The molecular formula is C19H19N3O5. The molecule has 8 nitrogen and oxygen atoms in total. The lowest BCUT2D eigenvalue weighted by Gasteiger charge is -2.10. The Bertz CT molecular complexity index is 1050. The van der Waals surface area contributed by atoms with Gasteiger partial charge >= 0.3 is 5.97 Å². The lowest BCUT2D eigenvalue weighted by molar-refractivity contribution is 0.0696. The fourth-order valence-electron chi connectivity index (χ4n) is 2.71. The van der Waals surface area contributed by atoms with Gasteiger partial charge in [0, 0.05) is 42.7 Å². The number of ether oxygens (including phenoxy) is 2. The van der Waals surface area contributed by atoms with E-state index < -0.39 is 5.97 Å². The van der Waals surface area contributed by atoms with Crippen molar-refractivity contribution in [3.63, 3.8) is 0 Å². The van der Waals surface area contributed by atoms with Crippen molar-refractivity contribution >= 4 is 5.97 Å². The van der Waals surface area contributed by atoms with E-state index in [9.17, 15) is 14.7 Å². The number of aromatic nitrogens is 3. The highest BCUT2D eigenvalue weighted by Gasteiger charge is 2.16. The summed E-state index contributed by atoms with van der Waals surface area (Å²) in [6.07, 6.45) is 4.94. The van der Waals surface area contributed by atoms with Crippen LogP contribution >= 0.6 is 0 Å². The van der Waals surface area contributed by atoms with Gasteiger partial charge in [-0.2, -0.15) is 5.10 Å². The molecule has 0 aliphatic heterocycles. The molecule has 0 spiro atoms. The smallest absolute Gasteiger partial charge is 0.337 e. The van der Waals surface area contributed by atoms with E-state index in [1.54, 1.807) is 37.8 Å². The molecule has 0 saturated heterocycles. The first-order valence-corrected chi connectivity index (χ1v) is 8.24. The fourth-order valence-corrected chi connectivity index (χ4v) is 2.71. The van der Waals surface area contributed by atoms with Crippen LogP contribution in [0.1, 0.15) is 17.3 Å². The number of aryl methyl sites for hydroxylation is 1. The highest BCUT2D eigenvalue weighted by atomic mass is 16.5. The number of carbonyl (C=O) groups is 1. The molecule has 1 N–H and O–H groups in total. The van der Waals surface area contributed by atoms with Gasteiger partial charge in [-0.3, -0.25) is 4.79 Å². The largest absolute Gasteiger partial charge is 0.497 e. The van der Waals surface area contributed by atoms with E-state index in [4.69, 9.17) is 9.47 Å². The van der Waals surface area contributed by atoms with Crippen LogP contribution < -0.4 is 15.0 Å². The first kappa shape index (κ1) is 18.2. The molecule has 0 atom stereocenters. The molecule has 3 rings (SSSR count). The summed E-state index contributed by atoms with van der Waals surface area (Å²) in [5.41, 5.74) is 1.65. The number of methoxy groups -OCH3 is 1. The van der Waals surface area contributed by atoms with Crippen molar-refractivity contribution in [2.75, 3.05) is 13.7 Å². The highest BCUT2D eigenvalue weighted by molar-refractivity contribution is 5.92. The number of pyridine rings is 1. The molecule has 0 radical (unpaired) electrons. The summed E-state index contributed by atoms with van der Waals surface area (Å²) < 4.78 is 13.7. The summed E-state index contributed by atoms with van der Waals surface area (Å²) >= 11 is 0. The van der Waals surface area contributed by atoms with Gasteiger partial charge in [0.1, 0.15) is 11.5 Å². The number of hydrogen-bond donors (Lipinski definition) is 1. The number of aromatic carboxylic acids is 1. The minimum Gasteiger partial charge on any atom is -0.497 e. The molecular weight excluding hydrogens is 350 g/mol. The highest BCUT2D eigenvalue weighted by Crippen LogP contribution is 2.30. The minimum atomic E-state index is -1.07. The van der Waals surface area contributed by atoms with Gasteiger partial charge in [-0.05, 0) is 19.1 Å². The number of benzene rings is 1. The third-order valence-corrected chi connectivity index (χ3v) is 4.07. The fraction of sp³-hybridized carbons (Fsp3) is 0.211. The maximum Gasteiger partial charge on any atom is 0.337 e. The summed E-state index contributed by atoms with van der Waals surface area (Å²) in [5, 5.41) is 13.7. The van der Waals surface area contributed by atoms with Crippen LogP contribution in [0.5, 0.6) is 11.5 Å². The Morgan fingerprint density at radius 1 is 1.26 bits per heavy atom. The number of carboxylic acid groups (broad SMARTS) is 1. The van der Waals surface area contributed by atoms with Crippen molar-refractivity contribution in [1.29, 1.82) is 0 Å². The first-order chi connectivity index (χ1) is 12.9. The number of hydrogen-bond acceptors (Lipinski definition) is 5. The molecule has 2 heterocycles. The van der Waals surface area contributed by atoms with Crippen LogP contribution in [0.4, 0.5) is 0 Å². The Kier molecular flexibility index (Phi) is 4.98. The third kappa shape index (κ3) is 3.55. The average Bonchev–Trinajstić information content (AvgIpc) is 3.14. The maximum atomic E-state index is 11.9. The second-order valence-corrected chi connectivity index (χ2v) is 5.80. The molecule has 1 aromatic carbocycles. The maximum absolute atomic E-state index is 11.9. The molecule has 0 aliphatic carbocycles. The molecule has 8 heteroatoms. The van der Waals surface area contributed by atoms with Crippen LogP contribution in [-0.2, 0) is 7.05 Å². The van der Waals surface area contributed by atoms with Gasteiger partial charge in [-0.25, -0.2) is 9.48 Å². The van der Waals surface area contributed by atoms with Crippen LogP contribution in [0.3, 0.4) is 0 Å². The third-order valence-electron chi connectivity index (χ3n) is 4.07. The van der Waals surface area contributed by atoms with E-state index in [0.29, 0.717) is 34.9 Å². The predicted octanol–water partition coefficient (Wildman–Crippen LogP) is 2.34. The number of nitrogens with zero attached hydrogens (tertiary/aromatic N) is 3. The summed E-state index contributed by atoms with van der Waals surface area (Å²) in [6.45, 7) is 2.24. The minimum absolute atomic E-state index is 0.0935. The Morgan fingerprint density at radius 2 is 2.04 bits per heavy atom. The van der Waals surface area contributed by atoms with Crippen LogP contribution in [0.15, 0.2) is 47.7 Å². The van der Waals surface area contributed by atoms with Gasteiger partial charge in [0.25, 0.3) is 5.56 Å². The van der Waals surface area contributed by atoms with Crippen LogP contribution in [0, 0.1) is 0 Å².